The van der Waals surface area contributed by atoms with E-state index in [0.29, 0.717) is 24.3 Å². The van der Waals surface area contributed by atoms with Crippen LogP contribution in [0.15, 0.2) is 66.8 Å². The lowest BCUT2D eigenvalue weighted by Gasteiger charge is -2.32. The van der Waals surface area contributed by atoms with Gasteiger partial charge in [-0.1, -0.05) is 31.2 Å². The molecule has 53 heavy (non-hydrogen) atoms. The summed E-state index contributed by atoms with van der Waals surface area (Å²) in [5.41, 5.74) is 12.3. The maximum Gasteiger partial charge on any atom is 0.328 e. The number of piperazine rings is 1. The van der Waals surface area contributed by atoms with Crippen LogP contribution in [-0.4, -0.2) is 102 Å². The molecule has 4 aromatic rings. The number of fused-ring (bicyclic) bond motifs is 3. The van der Waals surface area contributed by atoms with Crippen LogP contribution in [0.2, 0.25) is 0 Å². The average molecular weight is 727 g/mol. The van der Waals surface area contributed by atoms with E-state index in [0.717, 1.165) is 81.2 Å². The molecule has 14 heteroatoms. The van der Waals surface area contributed by atoms with Gasteiger partial charge in [0, 0.05) is 80.5 Å². The van der Waals surface area contributed by atoms with E-state index in [-0.39, 0.29) is 0 Å². The maximum atomic E-state index is 9.55. The zero-order valence-electron chi connectivity index (χ0n) is 30.4. The fourth-order valence-corrected chi connectivity index (χ4v) is 6.18. The van der Waals surface area contributed by atoms with Crippen molar-refractivity contribution in [2.45, 2.75) is 53.1 Å². The first-order valence-electron chi connectivity index (χ1n) is 17.2. The molecule has 0 radical (unpaired) electrons. The summed E-state index contributed by atoms with van der Waals surface area (Å²) in [7, 11) is 2.22. The largest absolute Gasteiger partial charge is 0.478 e. The van der Waals surface area contributed by atoms with Crippen molar-refractivity contribution in [3.8, 4) is 0 Å². The fourth-order valence-electron chi connectivity index (χ4n) is 6.18. The number of carboxylic acid groups (broad SMARTS) is 4. The van der Waals surface area contributed by atoms with Crippen molar-refractivity contribution < 1.29 is 39.6 Å². The third-order valence-electron chi connectivity index (χ3n) is 8.77. The highest BCUT2D eigenvalue weighted by Crippen LogP contribution is 2.32. The number of anilines is 2. The molecule has 5 N–H and O–H groups in total. The Morgan fingerprint density at radius 1 is 0.717 bits per heavy atom. The Morgan fingerprint density at radius 2 is 1.21 bits per heavy atom. The van der Waals surface area contributed by atoms with Gasteiger partial charge in [0.25, 0.3) is 0 Å². The number of aromatic nitrogens is 3. The van der Waals surface area contributed by atoms with Gasteiger partial charge >= 0.3 is 23.9 Å². The van der Waals surface area contributed by atoms with Crippen LogP contribution in [0.3, 0.4) is 0 Å². The van der Waals surface area contributed by atoms with Crippen molar-refractivity contribution in [3.05, 3.63) is 106 Å². The predicted octanol–water partition coefficient (Wildman–Crippen LogP) is 4.67. The third kappa shape index (κ3) is 11.8. The zero-order chi connectivity index (χ0) is 38.7. The van der Waals surface area contributed by atoms with Gasteiger partial charge in [0.1, 0.15) is 11.3 Å². The van der Waals surface area contributed by atoms with Gasteiger partial charge in [0.15, 0.2) is 5.65 Å². The number of pyridine rings is 1. The normalized spacial score (nSPS) is 14.3. The lowest BCUT2D eigenvalue weighted by molar-refractivity contribution is -0.134. The summed E-state index contributed by atoms with van der Waals surface area (Å²) in [5, 5.41) is 35.0. The van der Waals surface area contributed by atoms with Crippen LogP contribution in [0, 0.1) is 13.8 Å². The second-order valence-corrected chi connectivity index (χ2v) is 12.9. The highest BCUT2D eigenvalue weighted by molar-refractivity contribution is 5.90. The van der Waals surface area contributed by atoms with E-state index in [2.05, 4.69) is 90.0 Å². The van der Waals surface area contributed by atoms with Gasteiger partial charge in [-0.2, -0.15) is 0 Å². The minimum atomic E-state index is -1.26. The monoisotopic (exact) mass is 726 g/mol. The van der Waals surface area contributed by atoms with Gasteiger partial charge in [-0.3, -0.25) is 4.90 Å². The highest BCUT2D eigenvalue weighted by atomic mass is 16.4. The topological polar surface area (TPSA) is 198 Å². The van der Waals surface area contributed by atoms with Gasteiger partial charge in [-0.05, 0) is 79.8 Å². The molecule has 280 valence electrons. The molecule has 0 atom stereocenters. The minimum Gasteiger partial charge on any atom is -0.478 e. The molecule has 4 heterocycles. The molecule has 0 spiro atoms. The van der Waals surface area contributed by atoms with Crippen LogP contribution in [-0.2, 0) is 51.5 Å². The highest BCUT2D eigenvalue weighted by Gasteiger charge is 2.18. The molecule has 1 fully saturated rings. The second-order valence-electron chi connectivity index (χ2n) is 12.9. The number of hydrogen-bond donors (Lipinski definition) is 5. The minimum absolute atomic E-state index is 0.558. The molecule has 6 rings (SSSR count). The van der Waals surface area contributed by atoms with E-state index in [9.17, 15) is 19.2 Å². The molecule has 2 aromatic heterocycles. The Morgan fingerprint density at radius 3 is 1.68 bits per heavy atom. The first-order chi connectivity index (χ1) is 25.2. The molecule has 14 nitrogen and oxygen atoms in total. The van der Waals surface area contributed by atoms with Crippen LogP contribution >= 0.6 is 0 Å². The summed E-state index contributed by atoms with van der Waals surface area (Å²) in [4.78, 5) is 53.0. The second kappa shape index (κ2) is 18.6. The molecule has 0 amide bonds. The molecule has 2 aliphatic rings. The van der Waals surface area contributed by atoms with Crippen molar-refractivity contribution in [1.82, 2.24) is 24.3 Å². The molecular formula is C39H46N6O8. The van der Waals surface area contributed by atoms with Crippen molar-refractivity contribution in [2.75, 3.05) is 38.5 Å². The van der Waals surface area contributed by atoms with E-state index in [1.807, 2.05) is 0 Å². The zero-order valence-corrected chi connectivity index (χ0v) is 30.4. The fraction of sp³-hybridized carbons (Fsp3) is 0.333. The quantitative estimate of drug-likeness (QED) is 0.149. The number of aliphatic carboxylic acids is 4. The lowest BCUT2D eigenvalue weighted by Crippen LogP contribution is -2.43. The number of carboxylic acids is 4. The Kier molecular flexibility index (Phi) is 14.0. The predicted molar refractivity (Wildman–Crippen MR) is 201 cm³/mol. The van der Waals surface area contributed by atoms with E-state index < -0.39 is 23.9 Å². The molecule has 0 aliphatic carbocycles. The summed E-state index contributed by atoms with van der Waals surface area (Å²) in [5.74, 6) is -3.93. The van der Waals surface area contributed by atoms with Crippen molar-refractivity contribution in [1.29, 1.82) is 0 Å². The summed E-state index contributed by atoms with van der Waals surface area (Å²) in [6, 6.07) is 16.0. The molecular weight excluding hydrogens is 680 g/mol. The van der Waals surface area contributed by atoms with Gasteiger partial charge in [-0.15, -0.1) is 0 Å². The average Bonchev–Trinajstić information content (AvgIpc) is 3.34. The van der Waals surface area contributed by atoms with E-state index in [1.165, 1.54) is 39.2 Å². The third-order valence-corrected chi connectivity index (χ3v) is 8.77. The van der Waals surface area contributed by atoms with E-state index in [4.69, 9.17) is 30.4 Å². The van der Waals surface area contributed by atoms with Crippen LogP contribution < -0.4 is 5.32 Å². The Labute approximate surface area is 307 Å². The van der Waals surface area contributed by atoms with Crippen LogP contribution in [0.1, 0.15) is 46.3 Å². The van der Waals surface area contributed by atoms with Crippen molar-refractivity contribution in [3.63, 3.8) is 0 Å². The molecule has 0 unspecified atom stereocenters. The standard InChI is InChI=1S/C31H38N6.2C4H4O4/c1-5-29-34-30-21(2)16-22(3)32-31(30)37(29)20-24-7-11-28-26(18-24)9-8-25-17-23(6-10-27(25)33-28)19-36-14-12-35(4)13-15-36;2*5-3(6)1-2-4(7)8/h6-7,10-11,16-18,33H,5,8-9,12-15,19-20H2,1-4H3;2*1-2H,(H,5,6)(H,7,8)/b;2*2-1+. The number of likely N-dealkylation sites (N-methyl/N-ethyl adjacent to an activating group) is 1. The smallest absolute Gasteiger partial charge is 0.328 e. The number of nitrogens with zero attached hydrogens (tertiary/aromatic N) is 5. The van der Waals surface area contributed by atoms with Crippen LogP contribution in [0.25, 0.3) is 11.2 Å². The lowest BCUT2D eigenvalue weighted by atomic mass is 10.0. The Hall–Kier alpha value is -5.86. The Balaban J connectivity index is 0.000000329. The number of aryl methyl sites for hydroxylation is 5. The van der Waals surface area contributed by atoms with Gasteiger partial charge in [0.2, 0.25) is 0 Å². The van der Waals surface area contributed by atoms with E-state index >= 15 is 0 Å². The number of imidazole rings is 1. The summed E-state index contributed by atoms with van der Waals surface area (Å²) < 4.78 is 2.31. The van der Waals surface area contributed by atoms with Crippen LogP contribution in [0.5, 0.6) is 0 Å². The summed E-state index contributed by atoms with van der Waals surface area (Å²) in [6.07, 6.45) is 5.23. The number of carbonyl (C=O) groups is 4. The first kappa shape index (κ1) is 39.9. The number of hydrogen-bond acceptors (Lipinski definition) is 9. The molecule has 0 bridgehead atoms. The van der Waals surface area contributed by atoms with E-state index in [1.54, 1.807) is 0 Å². The molecule has 2 aromatic carbocycles. The van der Waals surface area contributed by atoms with Crippen LogP contribution in [0.4, 0.5) is 11.4 Å². The molecule has 2 aliphatic heterocycles. The maximum absolute atomic E-state index is 9.55. The number of nitrogens with one attached hydrogen (secondary N) is 1. The Bertz CT molecular complexity index is 1960. The van der Waals surface area contributed by atoms with Gasteiger partial charge in [0.05, 0.1) is 6.54 Å². The number of benzene rings is 2. The van der Waals surface area contributed by atoms with Gasteiger partial charge < -0.3 is 35.2 Å². The molecule has 1 saturated heterocycles. The van der Waals surface area contributed by atoms with Gasteiger partial charge in [-0.25, -0.2) is 29.1 Å². The molecule has 0 saturated carbocycles. The SMILES string of the molecule is CCc1nc2c(C)cc(C)nc2n1Cc1ccc2c(c1)CCc1cc(CN3CCN(C)CC3)ccc1N2.O=C(O)/C=C/C(=O)O.O=C(O)/C=C/C(=O)O. The van der Waals surface area contributed by atoms with Crippen molar-refractivity contribution in [2.24, 2.45) is 0 Å². The summed E-state index contributed by atoms with van der Waals surface area (Å²) in [6.45, 7) is 12.8. The van der Waals surface area contributed by atoms with Crippen molar-refractivity contribution >= 4 is 46.4 Å². The number of rotatable bonds is 9. The summed E-state index contributed by atoms with van der Waals surface area (Å²) >= 11 is 0. The first-order valence-corrected chi connectivity index (χ1v) is 17.2.